The zero-order valence-corrected chi connectivity index (χ0v) is 5.91. The molecule has 42 valence electrons. The summed E-state index contributed by atoms with van der Waals surface area (Å²) in [5, 5.41) is 0. The second-order valence-electron chi connectivity index (χ2n) is 2.42. The molecule has 0 spiro atoms. The Kier molecular flexibility index (Phi) is 1.69. The molecule has 1 heterocycles. The lowest BCUT2D eigenvalue weighted by atomic mass is 10.2. The molecule has 0 N–H and O–H groups in total. The van der Waals surface area contributed by atoms with Crippen LogP contribution < -0.4 is 0 Å². The van der Waals surface area contributed by atoms with Crippen LogP contribution in [0.3, 0.4) is 0 Å². The van der Waals surface area contributed by atoms with Crippen LogP contribution in [0.1, 0.15) is 26.7 Å². The number of rotatable bonds is 0. The monoisotopic (exact) mass is 115 g/mol. The van der Waals surface area contributed by atoms with E-state index in [4.69, 9.17) is 0 Å². The van der Waals surface area contributed by atoms with Gasteiger partial charge in [-0.1, -0.05) is 26.7 Å². The first kappa shape index (κ1) is 5.56. The van der Waals surface area contributed by atoms with Gasteiger partial charge in [0.25, 0.3) is 0 Å². The minimum absolute atomic E-state index is 0.995. The molecule has 0 aromatic carbocycles. The van der Waals surface area contributed by atoms with Crippen molar-refractivity contribution in [2.45, 2.75) is 38.0 Å². The Morgan fingerprint density at radius 1 is 1.14 bits per heavy atom. The molecule has 0 amide bonds. The molecule has 0 aliphatic carbocycles. The van der Waals surface area contributed by atoms with Crippen LogP contribution >= 0.6 is 8.58 Å². The van der Waals surface area contributed by atoms with Gasteiger partial charge in [0.1, 0.15) is 0 Å². The lowest BCUT2D eigenvalue weighted by Crippen LogP contribution is -1.81. The van der Waals surface area contributed by atoms with Gasteiger partial charge >= 0.3 is 0 Å². The first-order valence-electron chi connectivity index (χ1n) is 2.99. The van der Waals surface area contributed by atoms with Gasteiger partial charge in [0.2, 0.25) is 0 Å². The van der Waals surface area contributed by atoms with Crippen molar-refractivity contribution in [3.8, 4) is 0 Å². The summed E-state index contributed by atoms with van der Waals surface area (Å²) < 4.78 is 0. The van der Waals surface area contributed by atoms with Gasteiger partial charge in [0.15, 0.2) is 0 Å². The van der Waals surface area contributed by atoms with Gasteiger partial charge in [-0.05, 0) is 0 Å². The van der Waals surface area contributed by atoms with Gasteiger partial charge in [-0.15, -0.1) is 0 Å². The Bertz CT molecular complexity index is 53.2. The fourth-order valence-electron chi connectivity index (χ4n) is 1.07. The summed E-state index contributed by atoms with van der Waals surface area (Å²) in [6.45, 7) is 4.68. The minimum Gasteiger partial charge on any atom is -0.534 e. The summed E-state index contributed by atoms with van der Waals surface area (Å²) in [5.74, 6) is 0. The maximum Gasteiger partial charge on any atom is -0.0789 e. The van der Waals surface area contributed by atoms with Crippen molar-refractivity contribution in [1.82, 2.24) is 0 Å². The Balaban J connectivity index is 2.26. The summed E-state index contributed by atoms with van der Waals surface area (Å²) in [5.41, 5.74) is 1.99. The lowest BCUT2D eigenvalue weighted by molar-refractivity contribution is 0.777. The summed E-state index contributed by atoms with van der Waals surface area (Å²) >= 11 is 0. The Labute approximate surface area is 47.5 Å². The van der Waals surface area contributed by atoms with Crippen molar-refractivity contribution in [1.29, 1.82) is 0 Å². The summed E-state index contributed by atoms with van der Waals surface area (Å²) in [7, 11) is 1.69. The fraction of sp³-hybridized carbons (Fsp3) is 1.00. The van der Waals surface area contributed by atoms with Crippen LogP contribution in [-0.2, 0) is 0 Å². The molecule has 1 heteroatoms. The van der Waals surface area contributed by atoms with Gasteiger partial charge in [-0.3, -0.25) is 0 Å². The van der Waals surface area contributed by atoms with Crippen molar-refractivity contribution < 1.29 is 0 Å². The van der Waals surface area contributed by atoms with E-state index in [-0.39, 0.29) is 0 Å². The highest BCUT2D eigenvalue weighted by Crippen LogP contribution is 2.38. The highest BCUT2D eigenvalue weighted by Gasteiger charge is 2.01. The molecule has 2 atom stereocenters. The average molecular weight is 115 g/mol. The van der Waals surface area contributed by atoms with Crippen LogP contribution in [0.4, 0.5) is 0 Å². The molecule has 0 radical (unpaired) electrons. The van der Waals surface area contributed by atoms with Crippen LogP contribution in [-0.4, -0.2) is 11.3 Å². The third-order valence-corrected chi connectivity index (χ3v) is 3.05. The fourth-order valence-corrected chi connectivity index (χ4v) is 2.53. The first-order chi connectivity index (χ1) is 3.29. The van der Waals surface area contributed by atoms with E-state index in [2.05, 4.69) is 13.8 Å². The van der Waals surface area contributed by atoms with Crippen LogP contribution in [0.5, 0.6) is 0 Å². The van der Waals surface area contributed by atoms with E-state index in [1.165, 1.54) is 12.8 Å². The smallest absolute Gasteiger partial charge is 0.0789 e. The van der Waals surface area contributed by atoms with Gasteiger partial charge in [-0.25, -0.2) is 0 Å². The molecule has 7 heavy (non-hydrogen) atoms. The van der Waals surface area contributed by atoms with E-state index < -0.39 is 0 Å². The van der Waals surface area contributed by atoms with Crippen molar-refractivity contribution in [2.24, 2.45) is 0 Å². The molecule has 0 bridgehead atoms. The minimum atomic E-state index is 0.995. The Morgan fingerprint density at radius 3 is 1.71 bits per heavy atom. The third-order valence-electron chi connectivity index (χ3n) is 1.51. The van der Waals surface area contributed by atoms with Crippen LogP contribution in [0.2, 0.25) is 0 Å². The van der Waals surface area contributed by atoms with Crippen molar-refractivity contribution in [3.63, 3.8) is 0 Å². The molecular formula is C6H12P-. The largest absolute Gasteiger partial charge is 0.534 e. The van der Waals surface area contributed by atoms with Gasteiger partial charge in [0.05, 0.1) is 0 Å². The molecule has 1 rings (SSSR count). The van der Waals surface area contributed by atoms with Crippen LogP contribution in [0.15, 0.2) is 0 Å². The van der Waals surface area contributed by atoms with Crippen molar-refractivity contribution in [3.05, 3.63) is 0 Å². The first-order valence-corrected chi connectivity index (χ1v) is 4.02. The highest BCUT2D eigenvalue weighted by atomic mass is 31.1. The van der Waals surface area contributed by atoms with E-state index in [0.717, 1.165) is 11.3 Å². The average Bonchev–Trinajstić information content (AvgIpc) is 1.87. The molecule has 1 saturated heterocycles. The predicted molar refractivity (Wildman–Crippen MR) is 35.1 cm³/mol. The maximum atomic E-state index is 2.34. The standard InChI is InChI=1S/C6H12P/c1-5-3-4-6(2)7-5/h5-6H,3-4H2,1-2H3/q-1/t5-,6-/m1/s1. The molecule has 1 fully saturated rings. The zero-order valence-electron chi connectivity index (χ0n) is 5.02. The van der Waals surface area contributed by atoms with Crippen LogP contribution in [0, 0.1) is 0 Å². The van der Waals surface area contributed by atoms with Crippen molar-refractivity contribution in [2.75, 3.05) is 0 Å². The molecule has 1 aliphatic heterocycles. The highest BCUT2D eigenvalue weighted by molar-refractivity contribution is 7.40. The van der Waals surface area contributed by atoms with Crippen LogP contribution in [0.25, 0.3) is 0 Å². The maximum absolute atomic E-state index is 2.34. The van der Waals surface area contributed by atoms with Gasteiger partial charge in [0, 0.05) is 0 Å². The van der Waals surface area contributed by atoms with Gasteiger partial charge < -0.3 is 8.58 Å². The molecular weight excluding hydrogens is 103 g/mol. The third kappa shape index (κ3) is 1.42. The second-order valence-corrected chi connectivity index (χ2v) is 4.49. The quantitative estimate of drug-likeness (QED) is 0.425. The SMILES string of the molecule is C[C@@H]1CC[C@@H](C)[P-]1. The molecule has 1 aliphatic rings. The zero-order chi connectivity index (χ0) is 5.28. The molecule has 0 aromatic heterocycles. The normalized spacial score (nSPS) is 42.0. The second kappa shape index (κ2) is 2.13. The summed E-state index contributed by atoms with van der Waals surface area (Å²) in [6.07, 6.45) is 2.92. The number of hydrogen-bond acceptors (Lipinski definition) is 0. The van der Waals surface area contributed by atoms with Crippen molar-refractivity contribution >= 4 is 8.58 Å². The Hall–Kier alpha value is 0.430. The summed E-state index contributed by atoms with van der Waals surface area (Å²) in [6, 6.07) is 0. The Morgan fingerprint density at radius 2 is 1.57 bits per heavy atom. The molecule has 0 saturated carbocycles. The molecule has 0 aromatic rings. The predicted octanol–water partition coefficient (Wildman–Crippen LogP) is 2.50. The van der Waals surface area contributed by atoms with E-state index >= 15 is 0 Å². The van der Waals surface area contributed by atoms with E-state index in [9.17, 15) is 0 Å². The molecule has 0 unspecified atom stereocenters. The van der Waals surface area contributed by atoms with E-state index in [1.54, 1.807) is 8.58 Å². The lowest BCUT2D eigenvalue weighted by Gasteiger charge is -2.18. The topological polar surface area (TPSA) is 0 Å². The molecule has 0 nitrogen and oxygen atoms in total. The van der Waals surface area contributed by atoms with E-state index in [1.807, 2.05) is 0 Å². The summed E-state index contributed by atoms with van der Waals surface area (Å²) in [4.78, 5) is 0. The van der Waals surface area contributed by atoms with E-state index in [0.29, 0.717) is 0 Å². The van der Waals surface area contributed by atoms with Gasteiger partial charge in [-0.2, -0.15) is 11.3 Å². The number of hydrogen-bond donors (Lipinski definition) is 0.